The fourth-order valence-electron chi connectivity index (χ4n) is 6.04. The smallest absolute Gasteiger partial charge is 0.343 e. The van der Waals surface area contributed by atoms with E-state index in [-0.39, 0.29) is 12.1 Å². The zero-order valence-corrected chi connectivity index (χ0v) is 29.4. The third-order valence-electron chi connectivity index (χ3n) is 9.15. The standard InChI is InChI=1S/C43H62O3/c1-4-6-8-10-12-14-15-16-18-20-22-37-23-25-39(26-24-37)40-31-33-42(34-32-40)46-43(44)41-29-27-38(28-30-41)36(3)45-35-21-19-17-13-11-9-7-5-2/h23-34,36H,4-22,35H2,1-3H3. The van der Waals surface area contributed by atoms with Crippen LogP contribution in [-0.2, 0) is 11.2 Å². The topological polar surface area (TPSA) is 35.5 Å². The predicted octanol–water partition coefficient (Wildman–Crippen LogP) is 13.3. The molecule has 0 amide bonds. The first-order chi connectivity index (χ1) is 22.6. The van der Waals surface area contributed by atoms with Crippen LogP contribution in [0.3, 0.4) is 0 Å². The van der Waals surface area contributed by atoms with Crippen LogP contribution in [0.4, 0.5) is 0 Å². The fourth-order valence-corrected chi connectivity index (χ4v) is 6.04. The lowest BCUT2D eigenvalue weighted by atomic mass is 10.0. The van der Waals surface area contributed by atoms with Crippen LogP contribution in [0.5, 0.6) is 5.75 Å². The SMILES string of the molecule is CCCCCCCCCCCCc1ccc(-c2ccc(OC(=O)c3ccc(C(C)OCCCCCCCCCC)cc3)cc2)cc1. The quantitative estimate of drug-likeness (QED) is 0.0533. The highest BCUT2D eigenvalue weighted by molar-refractivity contribution is 5.91. The van der Waals surface area contributed by atoms with Gasteiger partial charge in [-0.05, 0) is 72.7 Å². The van der Waals surface area contributed by atoms with Crippen molar-refractivity contribution in [2.75, 3.05) is 6.61 Å². The highest BCUT2D eigenvalue weighted by atomic mass is 16.5. The Hall–Kier alpha value is -2.91. The average Bonchev–Trinajstić information content (AvgIpc) is 3.09. The first-order valence-electron chi connectivity index (χ1n) is 18.7. The van der Waals surface area contributed by atoms with Crippen LogP contribution in [0.15, 0.2) is 72.8 Å². The second-order valence-corrected chi connectivity index (χ2v) is 13.2. The highest BCUT2D eigenvalue weighted by Crippen LogP contribution is 2.25. The summed E-state index contributed by atoms with van der Waals surface area (Å²) in [5.74, 6) is 0.209. The summed E-state index contributed by atoms with van der Waals surface area (Å²) >= 11 is 0. The first-order valence-corrected chi connectivity index (χ1v) is 18.7. The molecular weight excluding hydrogens is 564 g/mol. The Balaban J connectivity index is 1.33. The molecule has 0 aliphatic rings. The second kappa shape index (κ2) is 23.4. The van der Waals surface area contributed by atoms with Crippen LogP contribution in [-0.4, -0.2) is 12.6 Å². The van der Waals surface area contributed by atoms with Crippen molar-refractivity contribution in [1.82, 2.24) is 0 Å². The molecule has 3 nitrogen and oxygen atoms in total. The van der Waals surface area contributed by atoms with E-state index in [0.717, 1.165) is 30.6 Å². The zero-order chi connectivity index (χ0) is 32.7. The van der Waals surface area contributed by atoms with Gasteiger partial charge < -0.3 is 9.47 Å². The van der Waals surface area contributed by atoms with Crippen molar-refractivity contribution >= 4 is 5.97 Å². The van der Waals surface area contributed by atoms with E-state index in [9.17, 15) is 4.79 Å². The molecule has 0 heterocycles. The summed E-state index contributed by atoms with van der Waals surface area (Å²) < 4.78 is 11.7. The molecule has 0 bridgehead atoms. The van der Waals surface area contributed by atoms with Crippen LogP contribution in [0.1, 0.15) is 164 Å². The number of carbonyl (C=O) groups is 1. The summed E-state index contributed by atoms with van der Waals surface area (Å²) in [6.45, 7) is 7.39. The minimum Gasteiger partial charge on any atom is -0.423 e. The van der Waals surface area contributed by atoms with Crippen LogP contribution in [0.25, 0.3) is 11.1 Å². The third-order valence-corrected chi connectivity index (χ3v) is 9.15. The van der Waals surface area contributed by atoms with Gasteiger partial charge in [-0.3, -0.25) is 0 Å². The first kappa shape index (κ1) is 37.5. The molecular formula is C43H62O3. The molecule has 0 saturated heterocycles. The Morgan fingerprint density at radius 2 is 1.00 bits per heavy atom. The van der Waals surface area contributed by atoms with Gasteiger partial charge in [0, 0.05) is 6.61 Å². The van der Waals surface area contributed by atoms with Crippen LogP contribution < -0.4 is 4.74 Å². The van der Waals surface area contributed by atoms with Gasteiger partial charge in [0.2, 0.25) is 0 Å². The molecule has 0 aliphatic carbocycles. The molecule has 0 aliphatic heterocycles. The minimum absolute atomic E-state index is 0.0101. The van der Waals surface area contributed by atoms with Crippen LogP contribution in [0, 0.1) is 0 Å². The fraction of sp³-hybridized carbons (Fsp3) is 0.558. The van der Waals surface area contributed by atoms with Gasteiger partial charge in [0.05, 0.1) is 11.7 Å². The van der Waals surface area contributed by atoms with Crippen molar-refractivity contribution in [3.63, 3.8) is 0 Å². The number of hydrogen-bond donors (Lipinski definition) is 0. The van der Waals surface area contributed by atoms with Crippen molar-refractivity contribution in [3.8, 4) is 16.9 Å². The third kappa shape index (κ3) is 15.1. The van der Waals surface area contributed by atoms with Gasteiger partial charge in [-0.2, -0.15) is 0 Å². The van der Waals surface area contributed by atoms with Crippen molar-refractivity contribution in [2.45, 2.75) is 149 Å². The van der Waals surface area contributed by atoms with E-state index >= 15 is 0 Å². The predicted molar refractivity (Wildman–Crippen MR) is 196 cm³/mol. The van der Waals surface area contributed by atoms with E-state index in [1.54, 1.807) is 0 Å². The van der Waals surface area contributed by atoms with Crippen molar-refractivity contribution in [1.29, 1.82) is 0 Å². The van der Waals surface area contributed by atoms with Gasteiger partial charge in [0.25, 0.3) is 0 Å². The molecule has 3 aromatic rings. The van der Waals surface area contributed by atoms with Crippen molar-refractivity contribution in [2.24, 2.45) is 0 Å². The molecule has 3 rings (SSSR count). The Morgan fingerprint density at radius 1 is 0.543 bits per heavy atom. The van der Waals surface area contributed by atoms with Crippen molar-refractivity contribution < 1.29 is 14.3 Å². The number of carbonyl (C=O) groups excluding carboxylic acids is 1. The average molecular weight is 627 g/mol. The van der Waals surface area contributed by atoms with Gasteiger partial charge in [0.1, 0.15) is 5.75 Å². The normalized spacial score (nSPS) is 11.9. The van der Waals surface area contributed by atoms with Gasteiger partial charge in [0.15, 0.2) is 0 Å². The summed E-state index contributed by atoms with van der Waals surface area (Å²) in [4.78, 5) is 12.8. The number of aryl methyl sites for hydroxylation is 1. The van der Waals surface area contributed by atoms with Gasteiger partial charge in [-0.15, -0.1) is 0 Å². The summed E-state index contributed by atoms with van der Waals surface area (Å²) in [5.41, 5.74) is 5.33. The molecule has 1 unspecified atom stereocenters. The molecule has 0 saturated carbocycles. The number of rotatable bonds is 25. The molecule has 0 spiro atoms. The number of benzene rings is 3. The van der Waals surface area contributed by atoms with E-state index < -0.39 is 0 Å². The van der Waals surface area contributed by atoms with E-state index in [2.05, 4.69) is 45.0 Å². The zero-order valence-electron chi connectivity index (χ0n) is 29.4. The Labute approximate surface area is 281 Å². The van der Waals surface area contributed by atoms with Crippen LogP contribution in [0.2, 0.25) is 0 Å². The summed E-state index contributed by atoms with van der Waals surface area (Å²) in [6.07, 6.45) is 25.2. The minimum atomic E-state index is -0.344. The van der Waals surface area contributed by atoms with E-state index in [1.165, 1.54) is 120 Å². The van der Waals surface area contributed by atoms with Gasteiger partial charge in [-0.1, -0.05) is 165 Å². The summed E-state index contributed by atoms with van der Waals surface area (Å²) in [6, 6.07) is 24.3. The Morgan fingerprint density at radius 3 is 1.52 bits per heavy atom. The van der Waals surface area contributed by atoms with Gasteiger partial charge in [-0.25, -0.2) is 4.79 Å². The monoisotopic (exact) mass is 626 g/mol. The summed E-state index contributed by atoms with van der Waals surface area (Å²) in [5, 5.41) is 0. The molecule has 3 aromatic carbocycles. The molecule has 46 heavy (non-hydrogen) atoms. The Bertz CT molecular complexity index is 1180. The lowest BCUT2D eigenvalue weighted by Gasteiger charge is -2.14. The molecule has 0 radical (unpaired) electrons. The molecule has 1 atom stereocenters. The summed E-state index contributed by atoms with van der Waals surface area (Å²) in [7, 11) is 0. The van der Waals surface area contributed by atoms with Crippen molar-refractivity contribution in [3.05, 3.63) is 89.5 Å². The van der Waals surface area contributed by atoms with E-state index in [1.807, 2.05) is 48.5 Å². The lowest BCUT2D eigenvalue weighted by Crippen LogP contribution is -2.09. The van der Waals surface area contributed by atoms with E-state index in [4.69, 9.17) is 9.47 Å². The number of ether oxygens (including phenoxy) is 2. The second-order valence-electron chi connectivity index (χ2n) is 13.2. The number of esters is 1. The largest absolute Gasteiger partial charge is 0.423 e. The maximum atomic E-state index is 12.8. The molecule has 0 N–H and O–H groups in total. The maximum absolute atomic E-state index is 12.8. The van der Waals surface area contributed by atoms with Crippen LogP contribution >= 0.6 is 0 Å². The molecule has 0 aromatic heterocycles. The highest BCUT2D eigenvalue weighted by Gasteiger charge is 2.11. The molecule has 0 fully saturated rings. The number of hydrogen-bond acceptors (Lipinski definition) is 3. The lowest BCUT2D eigenvalue weighted by molar-refractivity contribution is 0.0626. The number of unbranched alkanes of at least 4 members (excludes halogenated alkanes) is 16. The Kier molecular flexibility index (Phi) is 19.1. The molecule has 3 heteroatoms. The van der Waals surface area contributed by atoms with E-state index in [0.29, 0.717) is 11.3 Å². The van der Waals surface area contributed by atoms with Gasteiger partial charge >= 0.3 is 5.97 Å². The molecule has 252 valence electrons. The maximum Gasteiger partial charge on any atom is 0.343 e.